The molecule has 0 bridgehead atoms. The van der Waals surface area contributed by atoms with E-state index in [1.807, 2.05) is 0 Å². The summed E-state index contributed by atoms with van der Waals surface area (Å²) in [5.74, 6) is -0.312. The molecule has 92 valence electrons. The Bertz CT molecular complexity index is 744. The summed E-state index contributed by atoms with van der Waals surface area (Å²) in [7, 11) is 0. The topological polar surface area (TPSA) is 34.1 Å². The van der Waals surface area contributed by atoms with Crippen molar-refractivity contribution in [3.63, 3.8) is 0 Å². The van der Waals surface area contributed by atoms with Crippen molar-refractivity contribution in [2.45, 2.75) is 0 Å². The van der Waals surface area contributed by atoms with Crippen molar-refractivity contribution in [3.8, 4) is 0 Å². The first-order valence-electron chi connectivity index (χ1n) is 5.77. The van der Waals surface area contributed by atoms with Crippen molar-refractivity contribution < 1.29 is 9.59 Å². The standard InChI is InChI=1S/C16H9ClO2/c1-2-9-3-5-11-13(7-9)15(18)12-6-4-10(17)8-14(12)16(11)19/h2-8H,1H2. The van der Waals surface area contributed by atoms with E-state index in [9.17, 15) is 9.59 Å². The maximum absolute atomic E-state index is 12.4. The summed E-state index contributed by atoms with van der Waals surface area (Å²) in [6.45, 7) is 3.67. The van der Waals surface area contributed by atoms with E-state index >= 15 is 0 Å². The van der Waals surface area contributed by atoms with Gasteiger partial charge in [-0.1, -0.05) is 30.3 Å². The van der Waals surface area contributed by atoms with E-state index in [1.54, 1.807) is 42.5 Å². The summed E-state index contributed by atoms with van der Waals surface area (Å²) in [4.78, 5) is 24.8. The van der Waals surface area contributed by atoms with Crippen LogP contribution in [0.15, 0.2) is 43.0 Å². The molecule has 0 atom stereocenters. The minimum absolute atomic E-state index is 0.148. The van der Waals surface area contributed by atoms with Gasteiger partial charge >= 0.3 is 0 Å². The highest BCUT2D eigenvalue weighted by atomic mass is 35.5. The van der Waals surface area contributed by atoms with Crippen LogP contribution in [-0.4, -0.2) is 11.6 Å². The molecule has 0 amide bonds. The second kappa shape index (κ2) is 4.18. The monoisotopic (exact) mass is 268 g/mol. The first kappa shape index (κ1) is 11.9. The molecule has 0 radical (unpaired) electrons. The largest absolute Gasteiger partial charge is 0.289 e. The van der Waals surface area contributed by atoms with Crippen molar-refractivity contribution in [3.05, 3.63) is 75.8 Å². The third-order valence-electron chi connectivity index (χ3n) is 3.24. The van der Waals surface area contributed by atoms with Crippen LogP contribution in [0.5, 0.6) is 0 Å². The Kier molecular flexibility index (Phi) is 2.61. The van der Waals surface area contributed by atoms with Gasteiger partial charge in [-0.15, -0.1) is 0 Å². The van der Waals surface area contributed by atoms with Crippen molar-refractivity contribution in [1.29, 1.82) is 0 Å². The van der Waals surface area contributed by atoms with Crippen LogP contribution in [0, 0.1) is 0 Å². The number of ketones is 2. The van der Waals surface area contributed by atoms with Crippen LogP contribution in [0.2, 0.25) is 5.02 Å². The fourth-order valence-corrected chi connectivity index (χ4v) is 2.44. The number of carbonyl (C=O) groups is 2. The molecule has 2 nitrogen and oxygen atoms in total. The average Bonchev–Trinajstić information content (AvgIpc) is 2.44. The molecule has 0 saturated heterocycles. The molecule has 0 fully saturated rings. The Labute approximate surface area is 115 Å². The Balaban J connectivity index is 2.29. The summed E-state index contributed by atoms with van der Waals surface area (Å²) < 4.78 is 0. The number of rotatable bonds is 1. The smallest absolute Gasteiger partial charge is 0.194 e. The quantitative estimate of drug-likeness (QED) is 0.673. The van der Waals surface area contributed by atoms with E-state index in [0.29, 0.717) is 27.3 Å². The lowest BCUT2D eigenvalue weighted by Crippen LogP contribution is -2.20. The second-order valence-electron chi connectivity index (χ2n) is 4.36. The summed E-state index contributed by atoms with van der Waals surface area (Å²) in [6.07, 6.45) is 1.65. The number of halogens is 1. The second-order valence-corrected chi connectivity index (χ2v) is 4.79. The van der Waals surface area contributed by atoms with E-state index in [2.05, 4.69) is 6.58 Å². The van der Waals surface area contributed by atoms with Gasteiger partial charge in [0.2, 0.25) is 0 Å². The van der Waals surface area contributed by atoms with Gasteiger partial charge in [0.25, 0.3) is 0 Å². The van der Waals surface area contributed by atoms with Gasteiger partial charge in [0.1, 0.15) is 0 Å². The lowest BCUT2D eigenvalue weighted by atomic mass is 9.83. The molecular formula is C16H9ClO2. The normalized spacial score (nSPS) is 12.9. The molecule has 0 N–H and O–H groups in total. The number of hydrogen-bond acceptors (Lipinski definition) is 2. The molecule has 0 heterocycles. The number of benzene rings is 2. The molecule has 0 saturated carbocycles. The molecule has 1 aliphatic carbocycles. The Morgan fingerprint density at radius 3 is 2.05 bits per heavy atom. The van der Waals surface area contributed by atoms with Gasteiger partial charge < -0.3 is 0 Å². The van der Waals surface area contributed by atoms with Gasteiger partial charge in [0.05, 0.1) is 0 Å². The van der Waals surface area contributed by atoms with E-state index in [1.165, 1.54) is 0 Å². The zero-order valence-electron chi connectivity index (χ0n) is 9.94. The zero-order chi connectivity index (χ0) is 13.6. The van der Waals surface area contributed by atoms with Crippen LogP contribution in [0.3, 0.4) is 0 Å². The number of fused-ring (bicyclic) bond motifs is 2. The number of carbonyl (C=O) groups excluding carboxylic acids is 2. The lowest BCUT2D eigenvalue weighted by Gasteiger charge is -2.17. The van der Waals surface area contributed by atoms with Gasteiger partial charge in [-0.25, -0.2) is 0 Å². The first-order chi connectivity index (χ1) is 9.11. The van der Waals surface area contributed by atoms with Crippen molar-refractivity contribution in [1.82, 2.24) is 0 Å². The van der Waals surface area contributed by atoms with Crippen molar-refractivity contribution >= 4 is 29.2 Å². The van der Waals surface area contributed by atoms with E-state index in [4.69, 9.17) is 11.6 Å². The highest BCUT2D eigenvalue weighted by Crippen LogP contribution is 2.29. The molecule has 3 rings (SSSR count). The highest BCUT2D eigenvalue weighted by Gasteiger charge is 2.29. The predicted molar refractivity (Wildman–Crippen MR) is 74.9 cm³/mol. The lowest BCUT2D eigenvalue weighted by molar-refractivity contribution is 0.0979. The maximum Gasteiger partial charge on any atom is 0.194 e. The van der Waals surface area contributed by atoms with Crippen molar-refractivity contribution in [2.75, 3.05) is 0 Å². The molecular weight excluding hydrogens is 260 g/mol. The van der Waals surface area contributed by atoms with Crippen LogP contribution in [0.25, 0.3) is 6.08 Å². The van der Waals surface area contributed by atoms with Crippen molar-refractivity contribution in [2.24, 2.45) is 0 Å². The predicted octanol–water partition coefficient (Wildman–Crippen LogP) is 3.76. The number of hydrogen-bond donors (Lipinski definition) is 0. The molecule has 3 heteroatoms. The third kappa shape index (κ3) is 1.72. The molecule has 0 aliphatic heterocycles. The Morgan fingerprint density at radius 1 is 0.842 bits per heavy atom. The van der Waals surface area contributed by atoms with Gasteiger partial charge in [-0.05, 0) is 35.9 Å². The minimum Gasteiger partial charge on any atom is -0.289 e. The molecule has 1 aliphatic rings. The van der Waals surface area contributed by atoms with E-state index < -0.39 is 0 Å². The fourth-order valence-electron chi connectivity index (χ4n) is 2.27. The summed E-state index contributed by atoms with van der Waals surface area (Å²) in [6, 6.07) is 9.89. The fraction of sp³-hybridized carbons (Fsp3) is 0. The first-order valence-corrected chi connectivity index (χ1v) is 6.15. The summed E-state index contributed by atoms with van der Waals surface area (Å²) >= 11 is 5.89. The summed E-state index contributed by atoms with van der Waals surface area (Å²) in [5.41, 5.74) is 2.44. The zero-order valence-corrected chi connectivity index (χ0v) is 10.7. The average molecular weight is 269 g/mol. The van der Waals surface area contributed by atoms with Crippen LogP contribution in [-0.2, 0) is 0 Å². The summed E-state index contributed by atoms with van der Waals surface area (Å²) in [5, 5.41) is 0.450. The van der Waals surface area contributed by atoms with E-state index in [-0.39, 0.29) is 11.6 Å². The van der Waals surface area contributed by atoms with Crippen LogP contribution in [0.4, 0.5) is 0 Å². The maximum atomic E-state index is 12.4. The Hall–Kier alpha value is -2.19. The highest BCUT2D eigenvalue weighted by molar-refractivity contribution is 6.33. The van der Waals surface area contributed by atoms with Gasteiger partial charge in [0.15, 0.2) is 11.6 Å². The van der Waals surface area contributed by atoms with Crippen LogP contribution < -0.4 is 0 Å². The SMILES string of the molecule is C=Cc1ccc2c(c1)C(=O)c1ccc(Cl)cc1C2=O. The van der Waals surface area contributed by atoms with Gasteiger partial charge in [-0.2, -0.15) is 0 Å². The molecule has 0 unspecified atom stereocenters. The van der Waals surface area contributed by atoms with Crippen LogP contribution >= 0.6 is 11.6 Å². The molecule has 2 aromatic carbocycles. The molecule has 0 aromatic heterocycles. The van der Waals surface area contributed by atoms with Gasteiger partial charge in [0, 0.05) is 27.3 Å². The van der Waals surface area contributed by atoms with Crippen LogP contribution in [0.1, 0.15) is 37.4 Å². The molecule has 2 aromatic rings. The molecule has 19 heavy (non-hydrogen) atoms. The van der Waals surface area contributed by atoms with Gasteiger partial charge in [-0.3, -0.25) is 9.59 Å². The third-order valence-corrected chi connectivity index (χ3v) is 3.47. The minimum atomic E-state index is -0.164. The van der Waals surface area contributed by atoms with E-state index in [0.717, 1.165) is 5.56 Å². The molecule has 0 spiro atoms. The Morgan fingerprint density at radius 2 is 1.42 bits per heavy atom.